The van der Waals surface area contributed by atoms with Crippen molar-refractivity contribution < 1.29 is 4.79 Å². The molecule has 1 aromatic heterocycles. The molecule has 3 rings (SSSR count). The Morgan fingerprint density at radius 3 is 2.52 bits per heavy atom. The maximum absolute atomic E-state index is 12.4. The molecule has 3 aromatic rings. The number of unbranched alkanes of at least 4 members (excludes halogenated alkanes) is 1. The van der Waals surface area contributed by atoms with Crippen LogP contribution in [-0.2, 0) is 11.2 Å². The molecule has 1 amide bonds. The third-order valence-electron chi connectivity index (χ3n) is 4.45. The first-order valence-electron chi connectivity index (χ1n) is 8.91. The standard InChI is InChI=1S/C22H24N2O/c1-3-4-14-23-21(25)15-19-16(2)24-20-13-9-8-12-18(20)22(19)17-10-6-5-7-11-17/h5-13H,3-4,14-15H2,1-2H3,(H,23,25). The number of nitrogens with zero attached hydrogens (tertiary/aromatic N) is 1. The highest BCUT2D eigenvalue weighted by molar-refractivity contribution is 5.98. The summed E-state index contributed by atoms with van der Waals surface area (Å²) >= 11 is 0. The van der Waals surface area contributed by atoms with Gasteiger partial charge in [-0.15, -0.1) is 0 Å². The first-order chi connectivity index (χ1) is 12.2. The summed E-state index contributed by atoms with van der Waals surface area (Å²) in [7, 11) is 0. The van der Waals surface area contributed by atoms with E-state index in [2.05, 4.69) is 30.4 Å². The van der Waals surface area contributed by atoms with Crippen molar-refractivity contribution in [2.75, 3.05) is 6.54 Å². The van der Waals surface area contributed by atoms with Gasteiger partial charge in [0.2, 0.25) is 5.91 Å². The van der Waals surface area contributed by atoms with E-state index in [9.17, 15) is 4.79 Å². The summed E-state index contributed by atoms with van der Waals surface area (Å²) in [5.74, 6) is 0.0609. The molecule has 3 heteroatoms. The number of benzene rings is 2. The molecule has 25 heavy (non-hydrogen) atoms. The molecular weight excluding hydrogens is 308 g/mol. The molecule has 1 N–H and O–H groups in total. The Balaban J connectivity index is 2.07. The van der Waals surface area contributed by atoms with Gasteiger partial charge >= 0.3 is 0 Å². The highest BCUT2D eigenvalue weighted by Gasteiger charge is 2.16. The first kappa shape index (κ1) is 17.2. The fraction of sp³-hybridized carbons (Fsp3) is 0.273. The lowest BCUT2D eigenvalue weighted by Gasteiger charge is -2.16. The van der Waals surface area contributed by atoms with Crippen molar-refractivity contribution in [1.82, 2.24) is 10.3 Å². The molecule has 0 fully saturated rings. The summed E-state index contributed by atoms with van der Waals surface area (Å²) in [6, 6.07) is 18.4. The third-order valence-corrected chi connectivity index (χ3v) is 4.45. The van der Waals surface area contributed by atoms with E-state index in [1.54, 1.807) is 0 Å². The molecule has 0 atom stereocenters. The van der Waals surface area contributed by atoms with Crippen LogP contribution >= 0.6 is 0 Å². The molecular formula is C22H24N2O. The Morgan fingerprint density at radius 2 is 1.76 bits per heavy atom. The predicted octanol–water partition coefficient (Wildman–Crippen LogP) is 4.67. The lowest BCUT2D eigenvalue weighted by atomic mass is 9.92. The molecule has 0 bridgehead atoms. The monoisotopic (exact) mass is 332 g/mol. The molecule has 0 aliphatic carbocycles. The largest absolute Gasteiger partial charge is 0.356 e. The van der Waals surface area contributed by atoms with E-state index < -0.39 is 0 Å². The fourth-order valence-corrected chi connectivity index (χ4v) is 3.15. The van der Waals surface area contributed by atoms with Crippen LogP contribution in [0.4, 0.5) is 0 Å². The van der Waals surface area contributed by atoms with Crippen LogP contribution in [0.25, 0.3) is 22.0 Å². The van der Waals surface area contributed by atoms with Gasteiger partial charge in [0.05, 0.1) is 11.9 Å². The van der Waals surface area contributed by atoms with E-state index in [-0.39, 0.29) is 5.91 Å². The van der Waals surface area contributed by atoms with Crippen LogP contribution in [0.1, 0.15) is 31.0 Å². The number of hydrogen-bond acceptors (Lipinski definition) is 2. The minimum Gasteiger partial charge on any atom is -0.356 e. The number of fused-ring (bicyclic) bond motifs is 1. The number of carbonyl (C=O) groups is 1. The second-order valence-corrected chi connectivity index (χ2v) is 6.31. The van der Waals surface area contributed by atoms with Crippen LogP contribution in [0.3, 0.4) is 0 Å². The zero-order valence-electron chi connectivity index (χ0n) is 14.9. The highest BCUT2D eigenvalue weighted by Crippen LogP contribution is 2.33. The van der Waals surface area contributed by atoms with Crippen molar-refractivity contribution in [2.24, 2.45) is 0 Å². The van der Waals surface area contributed by atoms with Crippen molar-refractivity contribution >= 4 is 16.8 Å². The number of rotatable bonds is 6. The Kier molecular flexibility index (Phi) is 5.44. The highest BCUT2D eigenvalue weighted by atomic mass is 16.1. The minimum absolute atomic E-state index is 0.0609. The molecule has 1 heterocycles. The van der Waals surface area contributed by atoms with Crippen LogP contribution in [0, 0.1) is 6.92 Å². The van der Waals surface area contributed by atoms with Gasteiger partial charge in [0.1, 0.15) is 0 Å². The summed E-state index contributed by atoms with van der Waals surface area (Å²) in [5, 5.41) is 4.11. The Morgan fingerprint density at radius 1 is 1.04 bits per heavy atom. The Bertz CT molecular complexity index is 872. The van der Waals surface area contributed by atoms with Crippen LogP contribution < -0.4 is 5.32 Å². The summed E-state index contributed by atoms with van der Waals surface area (Å²) < 4.78 is 0. The zero-order valence-corrected chi connectivity index (χ0v) is 14.9. The number of hydrogen-bond donors (Lipinski definition) is 1. The second kappa shape index (κ2) is 7.93. The molecule has 0 aliphatic rings. The average molecular weight is 332 g/mol. The van der Waals surface area contributed by atoms with Crippen molar-refractivity contribution in [3.05, 3.63) is 65.9 Å². The van der Waals surface area contributed by atoms with Crippen molar-refractivity contribution in [3.63, 3.8) is 0 Å². The number of pyridine rings is 1. The van der Waals surface area contributed by atoms with Gasteiger partial charge in [-0.25, -0.2) is 0 Å². The van der Waals surface area contributed by atoms with Crippen LogP contribution in [-0.4, -0.2) is 17.4 Å². The van der Waals surface area contributed by atoms with E-state index in [1.807, 2.05) is 43.3 Å². The molecule has 0 spiro atoms. The van der Waals surface area contributed by atoms with Crippen LogP contribution in [0.5, 0.6) is 0 Å². The van der Waals surface area contributed by atoms with Gasteiger partial charge in [-0.05, 0) is 36.1 Å². The number of carbonyl (C=O) groups excluding carboxylic acids is 1. The molecule has 0 radical (unpaired) electrons. The summed E-state index contributed by atoms with van der Waals surface area (Å²) in [5.41, 5.74) is 5.14. The summed E-state index contributed by atoms with van der Waals surface area (Å²) in [6.07, 6.45) is 2.44. The predicted molar refractivity (Wildman–Crippen MR) is 104 cm³/mol. The molecule has 0 aliphatic heterocycles. The lowest BCUT2D eigenvalue weighted by Crippen LogP contribution is -2.26. The van der Waals surface area contributed by atoms with Crippen molar-refractivity contribution in [3.8, 4) is 11.1 Å². The zero-order chi connectivity index (χ0) is 17.6. The van der Waals surface area contributed by atoms with Crippen molar-refractivity contribution in [1.29, 1.82) is 0 Å². The van der Waals surface area contributed by atoms with Gasteiger partial charge in [0.25, 0.3) is 0 Å². The fourth-order valence-electron chi connectivity index (χ4n) is 3.15. The van der Waals surface area contributed by atoms with Gasteiger partial charge < -0.3 is 5.32 Å². The average Bonchev–Trinajstić information content (AvgIpc) is 2.63. The summed E-state index contributed by atoms with van der Waals surface area (Å²) in [6.45, 7) is 4.85. The van der Waals surface area contributed by atoms with Gasteiger partial charge in [0.15, 0.2) is 0 Å². The van der Waals surface area contributed by atoms with Gasteiger partial charge in [-0.1, -0.05) is 61.9 Å². The molecule has 3 nitrogen and oxygen atoms in total. The Labute approximate surface area is 149 Å². The number of para-hydroxylation sites is 1. The van der Waals surface area contributed by atoms with E-state index in [1.165, 1.54) is 0 Å². The number of aryl methyl sites for hydroxylation is 1. The third kappa shape index (κ3) is 3.87. The molecule has 0 unspecified atom stereocenters. The van der Waals surface area contributed by atoms with Crippen LogP contribution in [0.15, 0.2) is 54.6 Å². The Hall–Kier alpha value is -2.68. The van der Waals surface area contributed by atoms with Gasteiger partial charge in [0, 0.05) is 17.6 Å². The normalized spacial score (nSPS) is 10.8. The maximum Gasteiger partial charge on any atom is 0.224 e. The van der Waals surface area contributed by atoms with Crippen molar-refractivity contribution in [2.45, 2.75) is 33.1 Å². The minimum atomic E-state index is 0.0609. The van der Waals surface area contributed by atoms with Gasteiger partial charge in [-0.2, -0.15) is 0 Å². The maximum atomic E-state index is 12.4. The molecule has 128 valence electrons. The molecule has 2 aromatic carbocycles. The molecule has 0 saturated carbocycles. The van der Waals surface area contributed by atoms with E-state index in [0.717, 1.165) is 52.7 Å². The first-order valence-corrected chi connectivity index (χ1v) is 8.91. The number of amides is 1. The smallest absolute Gasteiger partial charge is 0.224 e. The lowest BCUT2D eigenvalue weighted by molar-refractivity contribution is -0.120. The topological polar surface area (TPSA) is 42.0 Å². The van der Waals surface area contributed by atoms with E-state index in [0.29, 0.717) is 6.42 Å². The number of nitrogens with one attached hydrogen (secondary N) is 1. The van der Waals surface area contributed by atoms with E-state index >= 15 is 0 Å². The summed E-state index contributed by atoms with van der Waals surface area (Å²) in [4.78, 5) is 17.2. The SMILES string of the molecule is CCCCNC(=O)Cc1c(C)nc2ccccc2c1-c1ccccc1. The molecule has 0 saturated heterocycles. The van der Waals surface area contributed by atoms with Crippen LogP contribution in [0.2, 0.25) is 0 Å². The van der Waals surface area contributed by atoms with Gasteiger partial charge in [-0.3, -0.25) is 9.78 Å². The van der Waals surface area contributed by atoms with E-state index in [4.69, 9.17) is 4.98 Å². The number of aromatic nitrogens is 1. The quantitative estimate of drug-likeness (QED) is 0.667. The second-order valence-electron chi connectivity index (χ2n) is 6.31.